The molecule has 1 atom stereocenters. The van der Waals surface area contributed by atoms with Crippen LogP contribution in [0, 0.1) is 0 Å². The first kappa shape index (κ1) is 10.7. The third-order valence-corrected chi connectivity index (χ3v) is 3.58. The highest BCUT2D eigenvalue weighted by atomic mass is 79.9. The molecule has 0 fully saturated rings. The van der Waals surface area contributed by atoms with Gasteiger partial charge in [0.15, 0.2) is 5.60 Å². The van der Waals surface area contributed by atoms with Gasteiger partial charge in [0.05, 0.1) is 0 Å². The monoisotopic (exact) mass is 264 g/mol. The molecule has 2 N–H and O–H groups in total. The Morgan fingerprint density at radius 3 is 2.77 bits per heavy atom. The molecule has 1 rings (SSSR count). The van der Waals surface area contributed by atoms with E-state index in [9.17, 15) is 9.90 Å². The van der Waals surface area contributed by atoms with Crippen molar-refractivity contribution in [3.63, 3.8) is 0 Å². The molecular weight excluding hydrogens is 256 g/mol. The summed E-state index contributed by atoms with van der Waals surface area (Å²) in [4.78, 5) is 11.4. The van der Waals surface area contributed by atoms with E-state index in [0.29, 0.717) is 0 Å². The number of carboxylic acid groups (broad SMARTS) is 1. The summed E-state index contributed by atoms with van der Waals surface area (Å²) in [5.74, 6) is -1.20. The summed E-state index contributed by atoms with van der Waals surface area (Å²) in [7, 11) is 0. The highest BCUT2D eigenvalue weighted by Crippen LogP contribution is 2.26. The lowest BCUT2D eigenvalue weighted by Crippen LogP contribution is -2.36. The average Bonchev–Trinajstić information content (AvgIpc) is 2.35. The maximum atomic E-state index is 10.6. The number of hydrogen-bond acceptors (Lipinski definition) is 3. The Bertz CT molecular complexity index is 319. The smallest absolute Gasteiger partial charge is 0.335 e. The van der Waals surface area contributed by atoms with Crippen LogP contribution in [0.25, 0.3) is 0 Å². The Morgan fingerprint density at radius 2 is 2.38 bits per heavy atom. The van der Waals surface area contributed by atoms with Crippen molar-refractivity contribution in [2.75, 3.05) is 0 Å². The zero-order valence-electron chi connectivity index (χ0n) is 6.95. The van der Waals surface area contributed by atoms with E-state index in [4.69, 9.17) is 5.11 Å². The molecule has 0 amide bonds. The zero-order chi connectivity index (χ0) is 10.1. The standard InChI is InChI=1S/C8H9BrO3S/c1-8(12,7(10)11)4-6-5(9)2-3-13-6/h2-3,12H,4H2,1H3,(H,10,11). The quantitative estimate of drug-likeness (QED) is 0.877. The second-order valence-electron chi connectivity index (χ2n) is 2.95. The summed E-state index contributed by atoms with van der Waals surface area (Å²) in [6.07, 6.45) is 0.126. The molecule has 1 heterocycles. The molecule has 1 aromatic heterocycles. The van der Waals surface area contributed by atoms with Gasteiger partial charge in [-0.25, -0.2) is 4.79 Å². The van der Waals surface area contributed by atoms with Gasteiger partial charge in [0.1, 0.15) is 0 Å². The highest BCUT2D eigenvalue weighted by Gasteiger charge is 2.31. The van der Waals surface area contributed by atoms with E-state index in [1.165, 1.54) is 18.3 Å². The van der Waals surface area contributed by atoms with E-state index in [-0.39, 0.29) is 6.42 Å². The van der Waals surface area contributed by atoms with Crippen LogP contribution in [0.1, 0.15) is 11.8 Å². The highest BCUT2D eigenvalue weighted by molar-refractivity contribution is 9.10. The molecular formula is C8H9BrO3S. The molecule has 0 saturated heterocycles. The van der Waals surface area contributed by atoms with Crippen molar-refractivity contribution in [3.8, 4) is 0 Å². The summed E-state index contributed by atoms with van der Waals surface area (Å²) in [5.41, 5.74) is -1.69. The second kappa shape index (κ2) is 3.77. The van der Waals surface area contributed by atoms with Crippen molar-refractivity contribution in [2.45, 2.75) is 18.9 Å². The van der Waals surface area contributed by atoms with E-state index >= 15 is 0 Å². The molecule has 0 saturated carbocycles. The fraction of sp³-hybridized carbons (Fsp3) is 0.375. The number of hydrogen-bond donors (Lipinski definition) is 2. The Balaban J connectivity index is 2.80. The Labute approximate surface area is 88.1 Å². The third-order valence-electron chi connectivity index (χ3n) is 1.66. The van der Waals surface area contributed by atoms with Gasteiger partial charge < -0.3 is 10.2 Å². The summed E-state index contributed by atoms with van der Waals surface area (Å²) >= 11 is 4.70. The van der Waals surface area contributed by atoms with Crippen LogP contribution >= 0.6 is 27.3 Å². The summed E-state index contributed by atoms with van der Waals surface area (Å²) < 4.78 is 0.846. The minimum atomic E-state index is -1.69. The molecule has 72 valence electrons. The topological polar surface area (TPSA) is 57.5 Å². The summed E-state index contributed by atoms with van der Waals surface area (Å²) in [5, 5.41) is 20.0. The summed E-state index contributed by atoms with van der Waals surface area (Å²) in [6, 6.07) is 1.83. The van der Waals surface area contributed by atoms with Crippen molar-refractivity contribution in [3.05, 3.63) is 20.8 Å². The maximum Gasteiger partial charge on any atom is 0.335 e. The normalized spacial score (nSPS) is 15.3. The van der Waals surface area contributed by atoms with Crippen molar-refractivity contribution in [1.29, 1.82) is 0 Å². The van der Waals surface area contributed by atoms with Gasteiger partial charge in [0.2, 0.25) is 0 Å². The fourth-order valence-electron chi connectivity index (χ4n) is 0.839. The molecule has 0 aliphatic heterocycles. The number of aliphatic hydroxyl groups is 1. The SMILES string of the molecule is CC(O)(Cc1sccc1Br)C(=O)O. The number of thiophene rings is 1. The van der Waals surface area contributed by atoms with Crippen molar-refractivity contribution >= 4 is 33.2 Å². The van der Waals surface area contributed by atoms with Gasteiger partial charge >= 0.3 is 5.97 Å². The average molecular weight is 265 g/mol. The first-order valence-corrected chi connectivity index (χ1v) is 5.28. The van der Waals surface area contributed by atoms with Crippen molar-refractivity contribution < 1.29 is 15.0 Å². The molecule has 13 heavy (non-hydrogen) atoms. The van der Waals surface area contributed by atoms with Gasteiger partial charge in [-0.05, 0) is 34.3 Å². The van der Waals surface area contributed by atoms with Crippen LogP contribution in [0.3, 0.4) is 0 Å². The van der Waals surface area contributed by atoms with Crippen LogP contribution in [-0.2, 0) is 11.2 Å². The largest absolute Gasteiger partial charge is 0.479 e. The predicted octanol–water partition coefficient (Wildman–Crippen LogP) is 1.89. The van der Waals surface area contributed by atoms with Crippen LogP contribution in [0.5, 0.6) is 0 Å². The van der Waals surface area contributed by atoms with Crippen LogP contribution < -0.4 is 0 Å². The van der Waals surface area contributed by atoms with Crippen LogP contribution in [0.15, 0.2) is 15.9 Å². The Hall–Kier alpha value is -0.390. The number of carbonyl (C=O) groups is 1. The first-order chi connectivity index (χ1) is 5.93. The molecule has 0 radical (unpaired) electrons. The van der Waals surface area contributed by atoms with E-state index in [2.05, 4.69) is 15.9 Å². The molecule has 0 aliphatic carbocycles. The van der Waals surface area contributed by atoms with Gasteiger partial charge in [0.25, 0.3) is 0 Å². The van der Waals surface area contributed by atoms with Crippen LogP contribution in [0.4, 0.5) is 0 Å². The first-order valence-electron chi connectivity index (χ1n) is 3.61. The van der Waals surface area contributed by atoms with Crippen LogP contribution in [0.2, 0.25) is 0 Å². The van der Waals surface area contributed by atoms with Gasteiger partial charge in [-0.3, -0.25) is 0 Å². The number of halogens is 1. The van der Waals surface area contributed by atoms with Gasteiger partial charge in [-0.15, -0.1) is 11.3 Å². The predicted molar refractivity (Wildman–Crippen MR) is 54.0 cm³/mol. The van der Waals surface area contributed by atoms with Gasteiger partial charge in [-0.2, -0.15) is 0 Å². The molecule has 1 unspecified atom stereocenters. The molecule has 1 aromatic rings. The lowest BCUT2D eigenvalue weighted by Gasteiger charge is -2.16. The van der Waals surface area contributed by atoms with E-state index in [1.54, 1.807) is 0 Å². The minimum Gasteiger partial charge on any atom is -0.479 e. The summed E-state index contributed by atoms with van der Waals surface area (Å²) in [6.45, 7) is 1.29. The molecule has 5 heteroatoms. The Kier molecular flexibility index (Phi) is 3.10. The molecule has 0 aromatic carbocycles. The van der Waals surface area contributed by atoms with E-state index in [0.717, 1.165) is 9.35 Å². The maximum absolute atomic E-state index is 10.6. The Morgan fingerprint density at radius 1 is 1.77 bits per heavy atom. The number of rotatable bonds is 3. The van der Waals surface area contributed by atoms with Crippen molar-refractivity contribution in [1.82, 2.24) is 0 Å². The van der Waals surface area contributed by atoms with E-state index < -0.39 is 11.6 Å². The zero-order valence-corrected chi connectivity index (χ0v) is 9.35. The molecule has 0 bridgehead atoms. The number of aliphatic carboxylic acids is 1. The lowest BCUT2D eigenvalue weighted by atomic mass is 10.0. The second-order valence-corrected chi connectivity index (χ2v) is 4.80. The van der Waals surface area contributed by atoms with Gasteiger partial charge in [0, 0.05) is 15.8 Å². The molecule has 0 aliphatic rings. The van der Waals surface area contributed by atoms with Crippen molar-refractivity contribution in [2.24, 2.45) is 0 Å². The minimum absolute atomic E-state index is 0.126. The lowest BCUT2D eigenvalue weighted by molar-refractivity contribution is -0.156. The fourth-order valence-corrected chi connectivity index (χ4v) is 2.48. The van der Waals surface area contributed by atoms with Gasteiger partial charge in [-0.1, -0.05) is 0 Å². The molecule has 0 spiro atoms. The molecule has 3 nitrogen and oxygen atoms in total. The van der Waals surface area contributed by atoms with Crippen LogP contribution in [-0.4, -0.2) is 21.8 Å². The van der Waals surface area contributed by atoms with E-state index in [1.807, 2.05) is 11.4 Å². The number of carboxylic acids is 1. The third kappa shape index (κ3) is 2.52.